The lowest BCUT2D eigenvalue weighted by molar-refractivity contribution is -0.136. The van der Waals surface area contributed by atoms with E-state index in [1.54, 1.807) is 11.8 Å². The molecule has 9 heteroatoms. The molecule has 0 aliphatic carbocycles. The van der Waals surface area contributed by atoms with Crippen molar-refractivity contribution in [2.75, 3.05) is 34.4 Å². The molecule has 0 saturated carbocycles. The van der Waals surface area contributed by atoms with Gasteiger partial charge in [-0.3, -0.25) is 10.1 Å². The van der Waals surface area contributed by atoms with Crippen LogP contribution in [-0.2, 0) is 17.6 Å². The number of aromatic nitrogens is 1. The second-order valence-electron chi connectivity index (χ2n) is 8.59. The van der Waals surface area contributed by atoms with Crippen LogP contribution in [0.3, 0.4) is 0 Å². The maximum absolute atomic E-state index is 12.7. The van der Waals surface area contributed by atoms with Crippen LogP contribution in [0.25, 0.3) is 0 Å². The molecule has 2 heterocycles. The molecule has 0 bridgehead atoms. The molecule has 1 aliphatic rings. The molecule has 0 radical (unpaired) electrons. The number of carbonyl (C=O) groups excluding carboxylic acids is 1. The Morgan fingerprint density at radius 2 is 1.86 bits per heavy atom. The van der Waals surface area contributed by atoms with Gasteiger partial charge in [0.25, 0.3) is 0 Å². The third kappa shape index (κ3) is 7.47. The van der Waals surface area contributed by atoms with Crippen LogP contribution in [0.1, 0.15) is 35.3 Å². The van der Waals surface area contributed by atoms with Crippen molar-refractivity contribution in [2.45, 2.75) is 43.9 Å². The van der Waals surface area contributed by atoms with Crippen LogP contribution < -0.4 is 15.5 Å². The molecule has 2 amide bonds. The zero-order valence-corrected chi connectivity index (χ0v) is 21.4. The standard InChI is InChI=1S/C26H30N4O3S2/c1-18-5-10-22(23(15-18)30-12-3-2-4-13-30)28-25(33)29-26-27-17-21(35-26)11-14-34-20-8-6-19(7-9-20)16-24(31)32/h5-10,15,17H,2-4,11-14,16H2,1H3,(H,31,32)(H2,27,28,29,33). The molecule has 184 valence electrons. The van der Waals surface area contributed by atoms with E-state index in [2.05, 4.69) is 33.5 Å². The summed E-state index contributed by atoms with van der Waals surface area (Å²) in [6.07, 6.45) is 6.29. The normalized spacial score (nSPS) is 13.5. The first-order chi connectivity index (χ1) is 17.0. The van der Waals surface area contributed by atoms with Crippen molar-refractivity contribution in [3.8, 4) is 0 Å². The number of carboxylic acids is 1. The molecule has 3 aromatic rings. The average molecular weight is 511 g/mol. The van der Waals surface area contributed by atoms with Crippen molar-refractivity contribution in [3.63, 3.8) is 0 Å². The van der Waals surface area contributed by atoms with E-state index in [1.165, 1.54) is 36.2 Å². The third-order valence-electron chi connectivity index (χ3n) is 5.77. The molecule has 0 atom stereocenters. The number of carboxylic acid groups (broad SMARTS) is 1. The molecule has 0 spiro atoms. The summed E-state index contributed by atoms with van der Waals surface area (Å²) in [5.41, 5.74) is 3.87. The molecule has 7 nitrogen and oxygen atoms in total. The molecule has 35 heavy (non-hydrogen) atoms. The van der Waals surface area contributed by atoms with Gasteiger partial charge in [-0.05, 0) is 68.0 Å². The number of aryl methyl sites for hydroxylation is 2. The maximum atomic E-state index is 12.7. The zero-order valence-electron chi connectivity index (χ0n) is 19.8. The minimum Gasteiger partial charge on any atom is -0.481 e. The number of thioether (sulfide) groups is 1. The van der Waals surface area contributed by atoms with E-state index in [-0.39, 0.29) is 12.5 Å². The summed E-state index contributed by atoms with van der Waals surface area (Å²) in [7, 11) is 0. The Kier molecular flexibility index (Phi) is 8.65. The molecule has 1 aromatic heterocycles. The SMILES string of the molecule is Cc1ccc(NC(=O)Nc2ncc(CCSc3ccc(CC(=O)O)cc3)s2)c(N2CCCCC2)c1. The van der Waals surface area contributed by atoms with Gasteiger partial charge in [-0.1, -0.05) is 18.2 Å². The zero-order chi connectivity index (χ0) is 24.6. The first kappa shape index (κ1) is 25.1. The van der Waals surface area contributed by atoms with Crippen molar-refractivity contribution in [1.82, 2.24) is 4.98 Å². The van der Waals surface area contributed by atoms with E-state index in [0.29, 0.717) is 5.13 Å². The summed E-state index contributed by atoms with van der Waals surface area (Å²) in [5, 5.41) is 15.3. The summed E-state index contributed by atoms with van der Waals surface area (Å²) in [6.45, 7) is 4.10. The quantitative estimate of drug-likeness (QED) is 0.304. The Balaban J connectivity index is 1.27. The fourth-order valence-corrected chi connectivity index (χ4v) is 5.85. The van der Waals surface area contributed by atoms with Crippen molar-refractivity contribution in [1.29, 1.82) is 0 Å². The molecule has 1 aliphatic heterocycles. The minimum absolute atomic E-state index is 0.0403. The average Bonchev–Trinajstić information content (AvgIpc) is 3.28. The summed E-state index contributed by atoms with van der Waals surface area (Å²) < 4.78 is 0. The van der Waals surface area contributed by atoms with Crippen molar-refractivity contribution in [2.24, 2.45) is 0 Å². The highest BCUT2D eigenvalue weighted by Crippen LogP contribution is 2.30. The van der Waals surface area contributed by atoms with Gasteiger partial charge >= 0.3 is 12.0 Å². The van der Waals surface area contributed by atoms with E-state index in [9.17, 15) is 9.59 Å². The summed E-state index contributed by atoms with van der Waals surface area (Å²) in [5.74, 6) is 0.0456. The van der Waals surface area contributed by atoms with E-state index in [0.717, 1.165) is 52.0 Å². The number of rotatable bonds is 9. The lowest BCUT2D eigenvalue weighted by Gasteiger charge is -2.30. The van der Waals surface area contributed by atoms with E-state index >= 15 is 0 Å². The van der Waals surface area contributed by atoms with Crippen LogP contribution in [0.4, 0.5) is 21.3 Å². The predicted octanol–water partition coefficient (Wildman–Crippen LogP) is 6.05. The van der Waals surface area contributed by atoms with Gasteiger partial charge in [-0.2, -0.15) is 0 Å². The van der Waals surface area contributed by atoms with Crippen LogP contribution in [0, 0.1) is 6.92 Å². The Morgan fingerprint density at radius 1 is 1.09 bits per heavy atom. The summed E-state index contributed by atoms with van der Waals surface area (Å²) in [6, 6.07) is 13.5. The summed E-state index contributed by atoms with van der Waals surface area (Å²) >= 11 is 3.19. The van der Waals surface area contributed by atoms with Crippen molar-refractivity contribution >= 4 is 51.6 Å². The lowest BCUT2D eigenvalue weighted by atomic mass is 10.1. The number of amides is 2. The molecule has 0 unspecified atom stereocenters. The Hall–Kier alpha value is -3.04. The minimum atomic E-state index is -0.824. The number of hydrogen-bond acceptors (Lipinski definition) is 6. The Bertz CT molecular complexity index is 1160. The van der Waals surface area contributed by atoms with Crippen LogP contribution in [0.15, 0.2) is 53.6 Å². The number of carbonyl (C=O) groups is 2. The molecule has 1 saturated heterocycles. The van der Waals surface area contributed by atoms with Crippen LogP contribution >= 0.6 is 23.1 Å². The number of urea groups is 1. The predicted molar refractivity (Wildman–Crippen MR) is 144 cm³/mol. The third-order valence-corrected chi connectivity index (χ3v) is 7.75. The monoisotopic (exact) mass is 510 g/mol. The number of anilines is 3. The van der Waals surface area contributed by atoms with Crippen LogP contribution in [-0.4, -0.2) is 40.9 Å². The number of nitrogens with one attached hydrogen (secondary N) is 2. The van der Waals surface area contributed by atoms with Gasteiger partial charge in [0.2, 0.25) is 0 Å². The first-order valence-corrected chi connectivity index (χ1v) is 13.6. The molecule has 4 rings (SSSR count). The Morgan fingerprint density at radius 3 is 2.60 bits per heavy atom. The fourth-order valence-electron chi connectivity index (χ4n) is 4.02. The molecular formula is C26H30N4O3S2. The number of hydrogen-bond donors (Lipinski definition) is 3. The number of piperidine rings is 1. The Labute approximate surface area is 214 Å². The highest BCUT2D eigenvalue weighted by atomic mass is 32.2. The number of nitrogens with zero attached hydrogens (tertiary/aromatic N) is 2. The fraction of sp³-hybridized carbons (Fsp3) is 0.346. The molecule has 1 fully saturated rings. The van der Waals surface area contributed by atoms with Gasteiger partial charge in [0, 0.05) is 34.8 Å². The number of thiazole rings is 1. The second kappa shape index (κ2) is 12.1. The van der Waals surface area contributed by atoms with Gasteiger partial charge in [0.15, 0.2) is 5.13 Å². The molecule has 2 aromatic carbocycles. The number of benzene rings is 2. The van der Waals surface area contributed by atoms with Crippen LogP contribution in [0.2, 0.25) is 0 Å². The highest BCUT2D eigenvalue weighted by Gasteiger charge is 2.17. The lowest BCUT2D eigenvalue weighted by Crippen LogP contribution is -2.31. The highest BCUT2D eigenvalue weighted by molar-refractivity contribution is 7.99. The molecule has 3 N–H and O–H groups in total. The van der Waals surface area contributed by atoms with E-state index in [1.807, 2.05) is 42.6 Å². The van der Waals surface area contributed by atoms with Crippen molar-refractivity contribution < 1.29 is 14.7 Å². The van der Waals surface area contributed by atoms with Crippen molar-refractivity contribution in [3.05, 3.63) is 64.7 Å². The summed E-state index contributed by atoms with van der Waals surface area (Å²) in [4.78, 5) is 32.4. The van der Waals surface area contributed by atoms with Gasteiger partial charge in [0.05, 0.1) is 17.8 Å². The molecular weight excluding hydrogens is 480 g/mol. The maximum Gasteiger partial charge on any atom is 0.325 e. The largest absolute Gasteiger partial charge is 0.481 e. The van der Waals surface area contributed by atoms with Gasteiger partial charge < -0.3 is 15.3 Å². The van der Waals surface area contributed by atoms with E-state index < -0.39 is 5.97 Å². The second-order valence-corrected chi connectivity index (χ2v) is 10.9. The van der Waals surface area contributed by atoms with Crippen LogP contribution in [0.5, 0.6) is 0 Å². The first-order valence-electron chi connectivity index (χ1n) is 11.8. The topological polar surface area (TPSA) is 94.6 Å². The van der Waals surface area contributed by atoms with Gasteiger partial charge in [0.1, 0.15) is 0 Å². The smallest absolute Gasteiger partial charge is 0.325 e. The number of aliphatic carboxylic acids is 1. The van der Waals surface area contributed by atoms with E-state index in [4.69, 9.17) is 5.11 Å². The van der Waals surface area contributed by atoms with Gasteiger partial charge in [-0.15, -0.1) is 23.1 Å². The van der Waals surface area contributed by atoms with Gasteiger partial charge in [-0.25, -0.2) is 9.78 Å².